The average Bonchev–Trinajstić information content (AvgIpc) is 2.55. The molecule has 3 nitrogen and oxygen atoms in total. The molecule has 0 bridgehead atoms. The molecule has 0 aromatic carbocycles. The van der Waals surface area contributed by atoms with Crippen LogP contribution in [-0.4, -0.2) is 49.3 Å². The quantitative estimate of drug-likeness (QED) is 0.720. The molecular weight excluding hydrogens is 200 g/mol. The molecule has 0 aromatic rings. The van der Waals surface area contributed by atoms with Gasteiger partial charge in [0.25, 0.3) is 0 Å². The molecule has 0 spiro atoms. The Labute approximate surface area is 100 Å². The van der Waals surface area contributed by atoms with Gasteiger partial charge in [-0.2, -0.15) is 0 Å². The van der Waals surface area contributed by atoms with Crippen molar-refractivity contribution in [3.05, 3.63) is 0 Å². The van der Waals surface area contributed by atoms with E-state index < -0.39 is 0 Å². The Balaban J connectivity index is 2.23. The third-order valence-corrected chi connectivity index (χ3v) is 3.94. The van der Waals surface area contributed by atoms with Gasteiger partial charge >= 0.3 is 0 Å². The van der Waals surface area contributed by atoms with Gasteiger partial charge in [0.05, 0.1) is 6.10 Å². The lowest BCUT2D eigenvalue weighted by atomic mass is 9.93. The van der Waals surface area contributed by atoms with Crippen molar-refractivity contribution in [2.24, 2.45) is 11.8 Å². The summed E-state index contributed by atoms with van der Waals surface area (Å²) in [7, 11) is 3.99. The molecule has 1 aliphatic rings. The van der Waals surface area contributed by atoms with Crippen LogP contribution in [0.25, 0.3) is 0 Å². The van der Waals surface area contributed by atoms with Crippen molar-refractivity contribution in [2.75, 3.05) is 27.2 Å². The molecule has 1 fully saturated rings. The molecule has 96 valence electrons. The van der Waals surface area contributed by atoms with Gasteiger partial charge in [-0.15, -0.1) is 0 Å². The van der Waals surface area contributed by atoms with E-state index in [9.17, 15) is 5.11 Å². The fourth-order valence-corrected chi connectivity index (χ4v) is 2.89. The summed E-state index contributed by atoms with van der Waals surface area (Å²) in [5, 5.41) is 13.3. The second-order valence-electron chi connectivity index (χ2n) is 5.54. The van der Waals surface area contributed by atoms with E-state index in [1.165, 1.54) is 19.3 Å². The molecule has 1 aliphatic carbocycles. The summed E-state index contributed by atoms with van der Waals surface area (Å²) in [5.41, 5.74) is 0. The van der Waals surface area contributed by atoms with Gasteiger partial charge in [0.1, 0.15) is 0 Å². The molecule has 4 unspecified atom stereocenters. The third kappa shape index (κ3) is 4.04. The van der Waals surface area contributed by atoms with Crippen LogP contribution in [0.3, 0.4) is 0 Å². The molecule has 4 atom stereocenters. The molecule has 1 saturated carbocycles. The van der Waals surface area contributed by atoms with Crippen LogP contribution in [0.5, 0.6) is 0 Å². The summed E-state index contributed by atoms with van der Waals surface area (Å²) in [6, 6.07) is 0.613. The number of aliphatic hydroxyl groups is 1. The van der Waals surface area contributed by atoms with Gasteiger partial charge in [-0.05, 0) is 38.8 Å². The van der Waals surface area contributed by atoms with E-state index >= 15 is 0 Å². The highest BCUT2D eigenvalue weighted by molar-refractivity contribution is 4.86. The monoisotopic (exact) mass is 228 g/mol. The maximum absolute atomic E-state index is 9.79. The third-order valence-electron chi connectivity index (χ3n) is 3.94. The zero-order chi connectivity index (χ0) is 12.1. The van der Waals surface area contributed by atoms with Gasteiger partial charge in [-0.25, -0.2) is 0 Å². The van der Waals surface area contributed by atoms with E-state index in [2.05, 4.69) is 19.2 Å². The lowest BCUT2D eigenvalue weighted by Gasteiger charge is -2.23. The molecule has 16 heavy (non-hydrogen) atoms. The highest BCUT2D eigenvalue weighted by Gasteiger charge is 2.31. The number of hydrogen-bond acceptors (Lipinski definition) is 3. The second-order valence-corrected chi connectivity index (χ2v) is 5.54. The Morgan fingerprint density at radius 2 is 2.06 bits per heavy atom. The van der Waals surface area contributed by atoms with Gasteiger partial charge in [-0.1, -0.05) is 20.3 Å². The molecule has 0 saturated heterocycles. The summed E-state index contributed by atoms with van der Waals surface area (Å²) in [6.45, 7) is 6.09. The molecule has 0 radical (unpaired) electrons. The van der Waals surface area contributed by atoms with E-state index in [4.69, 9.17) is 0 Å². The average molecular weight is 228 g/mol. The largest absolute Gasteiger partial charge is 0.390 e. The van der Waals surface area contributed by atoms with Crippen molar-refractivity contribution in [3.8, 4) is 0 Å². The topological polar surface area (TPSA) is 35.5 Å². The molecule has 0 aromatic heterocycles. The van der Waals surface area contributed by atoms with Crippen LogP contribution >= 0.6 is 0 Å². The second kappa shape index (κ2) is 6.58. The van der Waals surface area contributed by atoms with Crippen molar-refractivity contribution >= 4 is 0 Å². The van der Waals surface area contributed by atoms with Gasteiger partial charge in [-0.3, -0.25) is 0 Å². The van der Waals surface area contributed by atoms with Crippen LogP contribution in [0.2, 0.25) is 0 Å². The van der Waals surface area contributed by atoms with Crippen LogP contribution in [0.15, 0.2) is 0 Å². The SMILES string of the molecule is CCC1CCC(NCC(O)CN(C)C)C1C. The minimum absolute atomic E-state index is 0.247. The van der Waals surface area contributed by atoms with Crippen molar-refractivity contribution < 1.29 is 5.11 Å². The first-order valence-electron chi connectivity index (χ1n) is 6.60. The molecule has 1 rings (SSSR count). The van der Waals surface area contributed by atoms with E-state index in [1.54, 1.807) is 0 Å². The number of rotatable bonds is 6. The molecule has 0 amide bonds. The van der Waals surface area contributed by atoms with Crippen LogP contribution in [0, 0.1) is 11.8 Å². The van der Waals surface area contributed by atoms with Crippen molar-refractivity contribution in [1.82, 2.24) is 10.2 Å². The zero-order valence-corrected chi connectivity index (χ0v) is 11.2. The van der Waals surface area contributed by atoms with Crippen LogP contribution in [0.4, 0.5) is 0 Å². The Hall–Kier alpha value is -0.120. The summed E-state index contributed by atoms with van der Waals surface area (Å²) in [6.07, 6.45) is 3.66. The van der Waals surface area contributed by atoms with Gasteiger partial charge in [0, 0.05) is 19.1 Å². The first kappa shape index (κ1) is 13.9. The first-order chi connectivity index (χ1) is 7.54. The Bertz CT molecular complexity index is 196. The van der Waals surface area contributed by atoms with Crippen LogP contribution in [0.1, 0.15) is 33.1 Å². The Morgan fingerprint density at radius 3 is 2.56 bits per heavy atom. The van der Waals surface area contributed by atoms with E-state index in [0.717, 1.165) is 24.9 Å². The molecule has 3 heteroatoms. The van der Waals surface area contributed by atoms with Crippen molar-refractivity contribution in [3.63, 3.8) is 0 Å². The highest BCUT2D eigenvalue weighted by atomic mass is 16.3. The maximum Gasteiger partial charge on any atom is 0.0791 e. The number of nitrogens with zero attached hydrogens (tertiary/aromatic N) is 1. The highest BCUT2D eigenvalue weighted by Crippen LogP contribution is 2.33. The smallest absolute Gasteiger partial charge is 0.0791 e. The van der Waals surface area contributed by atoms with E-state index in [1.807, 2.05) is 19.0 Å². The standard InChI is InChI=1S/C13H28N2O/c1-5-11-6-7-13(10(11)2)14-8-12(16)9-15(3)4/h10-14,16H,5-9H2,1-4H3. The summed E-state index contributed by atoms with van der Waals surface area (Å²) < 4.78 is 0. The lowest BCUT2D eigenvalue weighted by molar-refractivity contribution is 0.128. The van der Waals surface area contributed by atoms with Crippen LogP contribution < -0.4 is 5.32 Å². The summed E-state index contributed by atoms with van der Waals surface area (Å²) in [4.78, 5) is 2.03. The molecular formula is C13H28N2O. The van der Waals surface area contributed by atoms with Crippen LogP contribution in [-0.2, 0) is 0 Å². The predicted octanol–water partition coefficient (Wildman–Crippen LogP) is 1.32. The van der Waals surface area contributed by atoms with Gasteiger partial charge in [0.2, 0.25) is 0 Å². The van der Waals surface area contributed by atoms with Gasteiger partial charge in [0.15, 0.2) is 0 Å². The van der Waals surface area contributed by atoms with E-state index in [0.29, 0.717) is 6.04 Å². The predicted molar refractivity (Wildman–Crippen MR) is 68.5 cm³/mol. The number of likely N-dealkylation sites (N-methyl/N-ethyl adjacent to an activating group) is 1. The fraction of sp³-hybridized carbons (Fsp3) is 1.00. The zero-order valence-electron chi connectivity index (χ0n) is 11.2. The minimum atomic E-state index is -0.247. The fourth-order valence-electron chi connectivity index (χ4n) is 2.89. The normalized spacial score (nSPS) is 32.2. The minimum Gasteiger partial charge on any atom is -0.390 e. The first-order valence-corrected chi connectivity index (χ1v) is 6.60. The van der Waals surface area contributed by atoms with Gasteiger partial charge < -0.3 is 15.3 Å². The molecule has 0 aliphatic heterocycles. The maximum atomic E-state index is 9.79. The molecule has 2 N–H and O–H groups in total. The number of nitrogens with one attached hydrogen (secondary N) is 1. The molecule has 0 heterocycles. The lowest BCUT2D eigenvalue weighted by Crippen LogP contribution is -2.41. The van der Waals surface area contributed by atoms with Crippen molar-refractivity contribution in [2.45, 2.75) is 45.3 Å². The summed E-state index contributed by atoms with van der Waals surface area (Å²) >= 11 is 0. The number of hydrogen-bond donors (Lipinski definition) is 2. The van der Waals surface area contributed by atoms with Crippen molar-refractivity contribution in [1.29, 1.82) is 0 Å². The Morgan fingerprint density at radius 1 is 1.38 bits per heavy atom. The summed E-state index contributed by atoms with van der Waals surface area (Å²) in [5.74, 6) is 1.64. The Kier molecular flexibility index (Phi) is 5.73. The number of aliphatic hydroxyl groups excluding tert-OH is 1. The van der Waals surface area contributed by atoms with E-state index in [-0.39, 0.29) is 6.10 Å².